The first-order valence-corrected chi connectivity index (χ1v) is 5.15. The number of nitrogens with two attached hydrogens (primary N) is 1. The van der Waals surface area contributed by atoms with Crippen molar-refractivity contribution >= 4 is 17.4 Å². The number of nitrogens with one attached hydrogen (secondary N) is 2. The highest BCUT2D eigenvalue weighted by molar-refractivity contribution is 5.89. The first kappa shape index (κ1) is 11.1. The number of hydrogen-bond acceptors (Lipinski definition) is 3. The number of hydrogen-bond donors (Lipinski definition) is 3. The van der Waals surface area contributed by atoms with Gasteiger partial charge >= 0.3 is 6.03 Å². The van der Waals surface area contributed by atoms with E-state index in [2.05, 4.69) is 10.6 Å². The van der Waals surface area contributed by atoms with Gasteiger partial charge in [-0.2, -0.15) is 0 Å². The molecule has 0 saturated heterocycles. The van der Waals surface area contributed by atoms with Crippen LogP contribution in [0.1, 0.15) is 5.56 Å². The van der Waals surface area contributed by atoms with E-state index in [1.165, 1.54) is 0 Å². The van der Waals surface area contributed by atoms with Crippen LogP contribution in [0.2, 0.25) is 0 Å². The van der Waals surface area contributed by atoms with Crippen molar-refractivity contribution < 1.29 is 9.21 Å². The smallest absolute Gasteiger partial charge is 0.319 e. The van der Waals surface area contributed by atoms with Gasteiger partial charge in [0, 0.05) is 23.5 Å². The molecule has 0 aliphatic rings. The van der Waals surface area contributed by atoms with Gasteiger partial charge < -0.3 is 20.8 Å². The van der Waals surface area contributed by atoms with Crippen LogP contribution in [-0.4, -0.2) is 6.03 Å². The number of benzene rings is 1. The molecule has 1 heterocycles. The van der Waals surface area contributed by atoms with Crippen molar-refractivity contribution in [3.8, 4) is 0 Å². The minimum Gasteiger partial charge on any atom is -0.472 e. The molecule has 0 aliphatic heterocycles. The summed E-state index contributed by atoms with van der Waals surface area (Å²) < 4.78 is 4.89. The lowest BCUT2D eigenvalue weighted by molar-refractivity contribution is 0.251. The Morgan fingerprint density at radius 2 is 2.24 bits per heavy atom. The third-order valence-corrected chi connectivity index (χ3v) is 2.18. The predicted molar refractivity (Wildman–Crippen MR) is 65.4 cm³/mol. The van der Waals surface area contributed by atoms with Crippen molar-refractivity contribution in [1.29, 1.82) is 0 Å². The van der Waals surface area contributed by atoms with Crippen molar-refractivity contribution in [3.05, 3.63) is 48.4 Å². The van der Waals surface area contributed by atoms with Gasteiger partial charge in [0.25, 0.3) is 0 Å². The molecule has 0 unspecified atom stereocenters. The molecule has 1 aromatic heterocycles. The third kappa shape index (κ3) is 3.27. The molecule has 0 fully saturated rings. The van der Waals surface area contributed by atoms with Crippen molar-refractivity contribution in [2.24, 2.45) is 0 Å². The van der Waals surface area contributed by atoms with Gasteiger partial charge in [0.05, 0.1) is 12.5 Å². The molecule has 88 valence electrons. The summed E-state index contributed by atoms with van der Waals surface area (Å²) in [4.78, 5) is 11.5. The lowest BCUT2D eigenvalue weighted by Gasteiger charge is -2.06. The summed E-state index contributed by atoms with van der Waals surface area (Å²) in [5, 5.41) is 5.39. The zero-order chi connectivity index (χ0) is 12.1. The summed E-state index contributed by atoms with van der Waals surface area (Å²) >= 11 is 0. The second-order valence-electron chi connectivity index (χ2n) is 3.56. The van der Waals surface area contributed by atoms with E-state index in [0.29, 0.717) is 17.9 Å². The lowest BCUT2D eigenvalue weighted by Crippen LogP contribution is -2.27. The van der Waals surface area contributed by atoms with E-state index in [4.69, 9.17) is 10.2 Å². The van der Waals surface area contributed by atoms with Crippen molar-refractivity contribution in [1.82, 2.24) is 5.32 Å². The molecule has 0 aliphatic carbocycles. The molecule has 2 rings (SSSR count). The Bertz CT molecular complexity index is 494. The number of urea groups is 1. The van der Waals surface area contributed by atoms with Gasteiger partial charge in [-0.3, -0.25) is 0 Å². The van der Waals surface area contributed by atoms with Crippen LogP contribution in [-0.2, 0) is 6.54 Å². The molecular weight excluding hydrogens is 218 g/mol. The molecule has 5 heteroatoms. The minimum atomic E-state index is -0.281. The number of furan rings is 1. The van der Waals surface area contributed by atoms with Crippen LogP contribution < -0.4 is 16.4 Å². The van der Waals surface area contributed by atoms with E-state index in [1.807, 2.05) is 0 Å². The fraction of sp³-hybridized carbons (Fsp3) is 0.0833. The maximum absolute atomic E-state index is 11.5. The van der Waals surface area contributed by atoms with E-state index in [-0.39, 0.29) is 6.03 Å². The summed E-state index contributed by atoms with van der Waals surface area (Å²) in [6, 6.07) is 8.51. The Kier molecular flexibility index (Phi) is 3.30. The van der Waals surface area contributed by atoms with Crippen LogP contribution in [0.15, 0.2) is 47.3 Å². The van der Waals surface area contributed by atoms with Crippen LogP contribution in [0.5, 0.6) is 0 Å². The quantitative estimate of drug-likeness (QED) is 0.708. The van der Waals surface area contributed by atoms with Crippen molar-refractivity contribution in [3.63, 3.8) is 0 Å². The number of carbonyl (C=O) groups excluding carboxylic acids is 1. The number of carbonyl (C=O) groups is 1. The minimum absolute atomic E-state index is 0.281. The number of anilines is 2. The third-order valence-electron chi connectivity index (χ3n) is 2.18. The summed E-state index contributed by atoms with van der Waals surface area (Å²) in [7, 11) is 0. The predicted octanol–water partition coefficient (Wildman–Crippen LogP) is 2.18. The maximum atomic E-state index is 11.5. The number of nitrogen functional groups attached to an aromatic ring is 1. The molecule has 0 spiro atoms. The van der Waals surface area contributed by atoms with E-state index >= 15 is 0 Å². The van der Waals surface area contributed by atoms with Crippen LogP contribution in [0.4, 0.5) is 16.2 Å². The molecule has 0 atom stereocenters. The van der Waals surface area contributed by atoms with Gasteiger partial charge in [-0.1, -0.05) is 6.07 Å². The number of rotatable bonds is 3. The first-order chi connectivity index (χ1) is 8.24. The molecule has 0 radical (unpaired) electrons. The van der Waals surface area contributed by atoms with Crippen LogP contribution in [0.3, 0.4) is 0 Å². The first-order valence-electron chi connectivity index (χ1n) is 5.15. The van der Waals surface area contributed by atoms with Gasteiger partial charge in [-0.05, 0) is 24.3 Å². The molecule has 5 nitrogen and oxygen atoms in total. The van der Waals surface area contributed by atoms with E-state index in [0.717, 1.165) is 5.56 Å². The van der Waals surface area contributed by atoms with Crippen molar-refractivity contribution in [2.45, 2.75) is 6.54 Å². The fourth-order valence-electron chi connectivity index (χ4n) is 1.37. The zero-order valence-corrected chi connectivity index (χ0v) is 9.14. The molecule has 0 saturated carbocycles. The van der Waals surface area contributed by atoms with Crippen LogP contribution >= 0.6 is 0 Å². The molecule has 1 aromatic carbocycles. The fourth-order valence-corrected chi connectivity index (χ4v) is 1.37. The Balaban J connectivity index is 1.85. The summed E-state index contributed by atoms with van der Waals surface area (Å²) in [6.45, 7) is 0.421. The van der Waals surface area contributed by atoms with Crippen molar-refractivity contribution in [2.75, 3.05) is 11.1 Å². The van der Waals surface area contributed by atoms with Gasteiger partial charge in [-0.25, -0.2) is 4.79 Å². The van der Waals surface area contributed by atoms with Gasteiger partial charge in [0.15, 0.2) is 0 Å². The van der Waals surface area contributed by atoms with Gasteiger partial charge in [0.2, 0.25) is 0 Å². The Morgan fingerprint density at radius 3 is 2.94 bits per heavy atom. The lowest BCUT2D eigenvalue weighted by atomic mass is 10.3. The molecular formula is C12H13N3O2. The van der Waals surface area contributed by atoms with E-state index in [9.17, 15) is 4.79 Å². The second-order valence-corrected chi connectivity index (χ2v) is 3.56. The summed E-state index contributed by atoms with van der Waals surface area (Å²) in [5.74, 6) is 0. The molecule has 2 amide bonds. The standard InChI is InChI=1S/C12H13N3O2/c13-10-2-1-3-11(6-10)15-12(16)14-7-9-4-5-17-8-9/h1-6,8H,7,13H2,(H2,14,15,16). The van der Waals surface area contributed by atoms with E-state index in [1.54, 1.807) is 42.9 Å². The SMILES string of the molecule is Nc1cccc(NC(=O)NCc2ccoc2)c1. The second kappa shape index (κ2) is 5.07. The molecule has 0 bridgehead atoms. The van der Waals surface area contributed by atoms with Gasteiger partial charge in [-0.15, -0.1) is 0 Å². The Hall–Kier alpha value is -2.43. The summed E-state index contributed by atoms with van der Waals surface area (Å²) in [5.41, 5.74) is 7.78. The molecule has 2 aromatic rings. The highest BCUT2D eigenvalue weighted by atomic mass is 16.3. The summed E-state index contributed by atoms with van der Waals surface area (Å²) in [6.07, 6.45) is 3.15. The average molecular weight is 231 g/mol. The zero-order valence-electron chi connectivity index (χ0n) is 9.14. The normalized spacial score (nSPS) is 9.88. The maximum Gasteiger partial charge on any atom is 0.319 e. The Labute approximate surface area is 98.6 Å². The van der Waals surface area contributed by atoms with Gasteiger partial charge in [0.1, 0.15) is 0 Å². The molecule has 17 heavy (non-hydrogen) atoms. The van der Waals surface area contributed by atoms with Crippen LogP contribution in [0, 0.1) is 0 Å². The highest BCUT2D eigenvalue weighted by Crippen LogP contribution is 2.11. The topological polar surface area (TPSA) is 80.3 Å². The Morgan fingerprint density at radius 1 is 1.35 bits per heavy atom. The van der Waals surface area contributed by atoms with Crippen LogP contribution in [0.25, 0.3) is 0 Å². The number of amides is 2. The van der Waals surface area contributed by atoms with E-state index < -0.39 is 0 Å². The molecule has 4 N–H and O–H groups in total. The largest absolute Gasteiger partial charge is 0.472 e. The monoisotopic (exact) mass is 231 g/mol. The average Bonchev–Trinajstić information content (AvgIpc) is 2.79. The highest BCUT2D eigenvalue weighted by Gasteiger charge is 2.02.